The second-order valence-electron chi connectivity index (χ2n) is 4.86. The van der Waals surface area contributed by atoms with Crippen LogP contribution < -0.4 is 5.73 Å². The molecule has 0 bridgehead atoms. The highest BCUT2D eigenvalue weighted by Crippen LogP contribution is 2.35. The monoisotopic (exact) mass is 322 g/mol. The molecule has 106 valence electrons. The highest BCUT2D eigenvalue weighted by Gasteiger charge is 2.29. The van der Waals surface area contributed by atoms with Crippen molar-refractivity contribution >= 4 is 38.9 Å². The summed E-state index contributed by atoms with van der Waals surface area (Å²) < 4.78 is 26.2. The van der Waals surface area contributed by atoms with Crippen LogP contribution in [0.5, 0.6) is 0 Å². The van der Waals surface area contributed by atoms with E-state index in [2.05, 4.69) is 0 Å². The summed E-state index contributed by atoms with van der Waals surface area (Å²) in [5.41, 5.74) is 5.77. The molecular formula is C12H16Cl2N2O2S. The molecule has 1 fully saturated rings. The Bertz CT molecular complexity index is 586. The quantitative estimate of drug-likeness (QED) is 0.867. The van der Waals surface area contributed by atoms with Crippen LogP contribution in [0.3, 0.4) is 0 Å². The predicted octanol–water partition coefficient (Wildman–Crippen LogP) is 3.00. The molecule has 7 heteroatoms. The summed E-state index contributed by atoms with van der Waals surface area (Å²) >= 11 is 11.8. The fourth-order valence-corrected chi connectivity index (χ4v) is 4.04. The van der Waals surface area contributed by atoms with Crippen molar-refractivity contribution in [1.29, 1.82) is 0 Å². The van der Waals surface area contributed by atoms with E-state index < -0.39 is 10.0 Å². The first-order valence-electron chi connectivity index (χ1n) is 6.04. The van der Waals surface area contributed by atoms with Crippen LogP contribution in [0.4, 0.5) is 5.69 Å². The Morgan fingerprint density at radius 3 is 2.53 bits per heavy atom. The van der Waals surface area contributed by atoms with Gasteiger partial charge in [0.15, 0.2) is 0 Å². The van der Waals surface area contributed by atoms with Crippen LogP contribution in [0.2, 0.25) is 10.0 Å². The molecular weight excluding hydrogens is 307 g/mol. The zero-order valence-electron chi connectivity index (χ0n) is 10.6. The van der Waals surface area contributed by atoms with Crippen LogP contribution in [-0.2, 0) is 10.0 Å². The van der Waals surface area contributed by atoms with E-state index in [1.54, 1.807) is 7.05 Å². The highest BCUT2D eigenvalue weighted by atomic mass is 35.5. The molecule has 0 heterocycles. The molecule has 1 aromatic rings. The lowest BCUT2D eigenvalue weighted by Gasteiger charge is -2.29. The molecule has 0 amide bonds. The number of nitrogens with zero attached hydrogens (tertiary/aromatic N) is 1. The molecule has 1 aromatic carbocycles. The van der Waals surface area contributed by atoms with E-state index >= 15 is 0 Å². The van der Waals surface area contributed by atoms with Crippen molar-refractivity contribution in [3.05, 3.63) is 22.2 Å². The Morgan fingerprint density at radius 1 is 1.37 bits per heavy atom. The van der Waals surface area contributed by atoms with E-state index in [4.69, 9.17) is 28.9 Å². The Balaban J connectivity index is 2.30. The Hall–Kier alpha value is -0.490. The maximum Gasteiger partial charge on any atom is 0.244 e. The number of hydrogen-bond donors (Lipinski definition) is 1. The standard InChI is InChI=1S/C12H16Cl2N2O2S/c1-16(7-8-3-2-4-8)19(17,18)10-6-5-9(13)12(15)11(10)14/h5-6,8H,2-4,7,15H2,1H3. The second-order valence-corrected chi connectivity index (χ2v) is 7.65. The summed E-state index contributed by atoms with van der Waals surface area (Å²) in [6.45, 7) is 0.515. The fraction of sp³-hybridized carbons (Fsp3) is 0.500. The first kappa shape index (κ1) is 14.9. The number of hydrogen-bond acceptors (Lipinski definition) is 3. The number of rotatable bonds is 4. The molecule has 19 heavy (non-hydrogen) atoms. The fourth-order valence-electron chi connectivity index (χ4n) is 2.05. The van der Waals surface area contributed by atoms with Crippen LogP contribution >= 0.6 is 23.2 Å². The van der Waals surface area contributed by atoms with Crippen molar-refractivity contribution in [2.45, 2.75) is 24.2 Å². The zero-order valence-corrected chi connectivity index (χ0v) is 12.9. The molecule has 2 N–H and O–H groups in total. The van der Waals surface area contributed by atoms with Gasteiger partial charge < -0.3 is 5.73 Å². The third-order valence-electron chi connectivity index (χ3n) is 3.52. The molecule has 2 rings (SSSR count). The Kier molecular flexibility index (Phi) is 4.30. The number of anilines is 1. The van der Waals surface area contributed by atoms with Crippen molar-refractivity contribution in [2.75, 3.05) is 19.3 Å². The number of sulfonamides is 1. The normalized spacial score (nSPS) is 16.6. The molecule has 0 radical (unpaired) electrons. The van der Waals surface area contributed by atoms with Crippen molar-refractivity contribution < 1.29 is 8.42 Å². The van der Waals surface area contributed by atoms with Gasteiger partial charge in [0.25, 0.3) is 0 Å². The van der Waals surface area contributed by atoms with Gasteiger partial charge in [0.1, 0.15) is 4.90 Å². The van der Waals surface area contributed by atoms with Crippen LogP contribution in [-0.4, -0.2) is 26.3 Å². The van der Waals surface area contributed by atoms with Gasteiger partial charge in [-0.15, -0.1) is 0 Å². The number of halogens is 2. The minimum absolute atomic E-state index is 0.00652. The lowest BCUT2D eigenvalue weighted by Crippen LogP contribution is -2.34. The molecule has 0 saturated heterocycles. The summed E-state index contributed by atoms with van der Waals surface area (Å²) in [6, 6.07) is 2.85. The van der Waals surface area contributed by atoms with Gasteiger partial charge >= 0.3 is 0 Å². The summed E-state index contributed by atoms with van der Waals surface area (Å²) in [4.78, 5) is 0.0119. The Labute approximate surface area is 123 Å². The van der Waals surface area contributed by atoms with Crippen LogP contribution in [0.25, 0.3) is 0 Å². The molecule has 0 spiro atoms. The summed E-state index contributed by atoms with van der Waals surface area (Å²) in [6.07, 6.45) is 3.33. The molecule has 0 aliphatic heterocycles. The molecule has 4 nitrogen and oxygen atoms in total. The third-order valence-corrected chi connectivity index (χ3v) is 6.23. The van der Waals surface area contributed by atoms with Crippen LogP contribution in [0.15, 0.2) is 17.0 Å². The van der Waals surface area contributed by atoms with E-state index in [-0.39, 0.29) is 20.6 Å². The van der Waals surface area contributed by atoms with Crippen molar-refractivity contribution in [2.24, 2.45) is 5.92 Å². The summed E-state index contributed by atoms with van der Waals surface area (Å²) in [5, 5.41) is 0.249. The van der Waals surface area contributed by atoms with E-state index in [9.17, 15) is 8.42 Å². The molecule has 1 aliphatic rings. The lowest BCUT2D eigenvalue weighted by atomic mass is 9.86. The van der Waals surface area contributed by atoms with Crippen molar-refractivity contribution in [3.63, 3.8) is 0 Å². The van der Waals surface area contributed by atoms with Gasteiger partial charge in [-0.25, -0.2) is 12.7 Å². The van der Waals surface area contributed by atoms with Gasteiger partial charge in [0, 0.05) is 13.6 Å². The maximum atomic E-state index is 12.4. The van der Waals surface area contributed by atoms with Gasteiger partial charge in [-0.05, 0) is 30.9 Å². The lowest BCUT2D eigenvalue weighted by molar-refractivity contribution is 0.263. The number of nitrogen functional groups attached to an aromatic ring is 1. The molecule has 0 aromatic heterocycles. The topological polar surface area (TPSA) is 63.4 Å². The van der Waals surface area contributed by atoms with Crippen LogP contribution in [0, 0.1) is 5.92 Å². The maximum absolute atomic E-state index is 12.4. The predicted molar refractivity (Wildman–Crippen MR) is 78.0 cm³/mol. The first-order valence-corrected chi connectivity index (χ1v) is 8.23. The Morgan fingerprint density at radius 2 is 2.00 bits per heavy atom. The molecule has 1 aliphatic carbocycles. The number of benzene rings is 1. The summed E-state index contributed by atoms with van der Waals surface area (Å²) in [7, 11) is -2.05. The van der Waals surface area contributed by atoms with E-state index in [0.29, 0.717) is 12.5 Å². The minimum atomic E-state index is -3.62. The average Bonchev–Trinajstić information content (AvgIpc) is 2.30. The zero-order chi connectivity index (χ0) is 14.2. The molecule has 0 unspecified atom stereocenters. The second kappa shape index (κ2) is 5.48. The number of nitrogens with two attached hydrogens (primary N) is 1. The van der Waals surface area contributed by atoms with Crippen LogP contribution in [0.1, 0.15) is 19.3 Å². The van der Waals surface area contributed by atoms with E-state index in [0.717, 1.165) is 12.8 Å². The first-order chi connectivity index (χ1) is 8.84. The largest absolute Gasteiger partial charge is 0.396 e. The average molecular weight is 323 g/mol. The van der Waals surface area contributed by atoms with Gasteiger partial charge in [0.2, 0.25) is 10.0 Å². The smallest absolute Gasteiger partial charge is 0.244 e. The minimum Gasteiger partial charge on any atom is -0.396 e. The van der Waals surface area contributed by atoms with Gasteiger partial charge in [0.05, 0.1) is 15.7 Å². The van der Waals surface area contributed by atoms with Gasteiger partial charge in [-0.3, -0.25) is 0 Å². The highest BCUT2D eigenvalue weighted by molar-refractivity contribution is 7.89. The van der Waals surface area contributed by atoms with Crippen molar-refractivity contribution in [1.82, 2.24) is 4.31 Å². The summed E-state index contributed by atoms with van der Waals surface area (Å²) in [5.74, 6) is 0.447. The third kappa shape index (κ3) is 2.84. The van der Waals surface area contributed by atoms with E-state index in [1.807, 2.05) is 0 Å². The van der Waals surface area contributed by atoms with Gasteiger partial charge in [-0.1, -0.05) is 29.6 Å². The molecule has 0 atom stereocenters. The van der Waals surface area contributed by atoms with Crippen molar-refractivity contribution in [3.8, 4) is 0 Å². The van der Waals surface area contributed by atoms with Gasteiger partial charge in [-0.2, -0.15) is 0 Å². The molecule has 1 saturated carbocycles. The van der Waals surface area contributed by atoms with E-state index in [1.165, 1.54) is 22.9 Å². The SMILES string of the molecule is CN(CC1CCC1)S(=O)(=O)c1ccc(Cl)c(N)c1Cl.